The molecule has 0 radical (unpaired) electrons. The van der Waals surface area contributed by atoms with E-state index >= 15 is 0 Å². The molecular weight excluding hydrogens is 507 g/mol. The van der Waals surface area contributed by atoms with E-state index in [-0.39, 0.29) is 11.7 Å². The molecule has 0 atom stereocenters. The molecule has 7 aromatic rings. The molecule has 0 unspecified atom stereocenters. The molecule has 2 aromatic carbocycles. The van der Waals surface area contributed by atoms with Gasteiger partial charge in [0.1, 0.15) is 11.3 Å². The number of carbonyl (C=O) groups is 1. The van der Waals surface area contributed by atoms with Crippen LogP contribution < -0.4 is 5.32 Å². The normalized spacial score (nSPS) is 11.2. The van der Waals surface area contributed by atoms with Crippen molar-refractivity contribution >= 4 is 33.7 Å². The standard InChI is InChI=1S/C30H19FN8O/c31-20-8-4-7-18(11-20)22-15-33-16-25-26(22)37-29(36-25)28-27-24(38-39-28)10-9-23(35-27)19-12-21(14-32-13-19)34-30(40)17-5-2-1-3-6-17/h1-16H,(H,34,40)(H,36,37)(H,38,39). The lowest BCUT2D eigenvalue weighted by atomic mass is 10.1. The lowest BCUT2D eigenvalue weighted by Gasteiger charge is -2.07. The predicted octanol–water partition coefficient (Wildman–Crippen LogP) is 6.02. The third-order valence-corrected chi connectivity index (χ3v) is 6.49. The first-order chi connectivity index (χ1) is 19.6. The van der Waals surface area contributed by atoms with Crippen LogP contribution in [0, 0.1) is 5.82 Å². The smallest absolute Gasteiger partial charge is 0.255 e. The molecule has 1 amide bonds. The number of hydrogen-bond acceptors (Lipinski definition) is 6. The van der Waals surface area contributed by atoms with Gasteiger partial charge in [0, 0.05) is 29.1 Å². The summed E-state index contributed by atoms with van der Waals surface area (Å²) in [5, 5.41) is 10.4. The Labute approximate surface area is 226 Å². The minimum atomic E-state index is -0.335. The summed E-state index contributed by atoms with van der Waals surface area (Å²) in [5.74, 6) is -0.0610. The number of fused-ring (bicyclic) bond motifs is 2. The number of pyridine rings is 3. The maximum absolute atomic E-state index is 13.9. The van der Waals surface area contributed by atoms with Crippen LogP contribution in [0.1, 0.15) is 10.4 Å². The first-order valence-corrected chi connectivity index (χ1v) is 12.4. The van der Waals surface area contributed by atoms with Crippen LogP contribution in [0.3, 0.4) is 0 Å². The molecule has 0 saturated heterocycles. The second-order valence-corrected chi connectivity index (χ2v) is 9.13. The van der Waals surface area contributed by atoms with Gasteiger partial charge in [-0.2, -0.15) is 5.10 Å². The summed E-state index contributed by atoms with van der Waals surface area (Å²) in [6.07, 6.45) is 6.61. The van der Waals surface area contributed by atoms with E-state index in [4.69, 9.17) is 9.97 Å². The fourth-order valence-corrected chi connectivity index (χ4v) is 4.58. The first-order valence-electron chi connectivity index (χ1n) is 12.4. The fraction of sp³-hybridized carbons (Fsp3) is 0. The Morgan fingerprint density at radius 2 is 1.65 bits per heavy atom. The molecule has 9 nitrogen and oxygen atoms in total. The molecule has 0 spiro atoms. The number of H-pyrrole nitrogens is 2. The van der Waals surface area contributed by atoms with Crippen LogP contribution in [0.5, 0.6) is 0 Å². The zero-order chi connectivity index (χ0) is 27.1. The highest BCUT2D eigenvalue weighted by atomic mass is 19.1. The number of aromatic nitrogens is 7. The van der Waals surface area contributed by atoms with Crippen LogP contribution >= 0.6 is 0 Å². The van der Waals surface area contributed by atoms with Gasteiger partial charge < -0.3 is 10.3 Å². The van der Waals surface area contributed by atoms with Crippen molar-refractivity contribution in [3.05, 3.63) is 109 Å². The molecule has 40 heavy (non-hydrogen) atoms. The monoisotopic (exact) mass is 526 g/mol. The van der Waals surface area contributed by atoms with Crippen LogP contribution in [0.15, 0.2) is 97.6 Å². The van der Waals surface area contributed by atoms with Crippen molar-refractivity contribution in [2.75, 3.05) is 5.32 Å². The van der Waals surface area contributed by atoms with Crippen LogP contribution in [0.2, 0.25) is 0 Å². The zero-order valence-corrected chi connectivity index (χ0v) is 20.8. The van der Waals surface area contributed by atoms with Gasteiger partial charge in [-0.3, -0.25) is 19.9 Å². The quantitative estimate of drug-likeness (QED) is 0.252. The highest BCUT2D eigenvalue weighted by molar-refractivity contribution is 6.04. The van der Waals surface area contributed by atoms with Crippen LogP contribution in [-0.4, -0.2) is 41.0 Å². The van der Waals surface area contributed by atoms with Crippen molar-refractivity contribution in [1.29, 1.82) is 0 Å². The number of anilines is 1. The van der Waals surface area contributed by atoms with Crippen molar-refractivity contribution < 1.29 is 9.18 Å². The molecule has 5 heterocycles. The van der Waals surface area contributed by atoms with E-state index in [1.165, 1.54) is 12.1 Å². The van der Waals surface area contributed by atoms with Gasteiger partial charge in [0.05, 0.1) is 40.3 Å². The van der Waals surface area contributed by atoms with Gasteiger partial charge >= 0.3 is 0 Å². The highest BCUT2D eigenvalue weighted by Crippen LogP contribution is 2.31. The van der Waals surface area contributed by atoms with Crippen LogP contribution in [-0.2, 0) is 0 Å². The molecule has 0 aliphatic rings. The molecule has 0 saturated carbocycles. The lowest BCUT2D eigenvalue weighted by Crippen LogP contribution is -2.11. The zero-order valence-electron chi connectivity index (χ0n) is 20.8. The SMILES string of the molecule is O=C(Nc1cncc(-c2ccc3[nH]nc(-c4nc5c(-c6cccc(F)c6)cncc5[nH]4)c3n2)c1)c1ccccc1. The van der Waals surface area contributed by atoms with E-state index in [9.17, 15) is 9.18 Å². The average molecular weight is 527 g/mol. The Balaban J connectivity index is 1.25. The van der Waals surface area contributed by atoms with Gasteiger partial charge in [0.25, 0.3) is 5.91 Å². The largest absolute Gasteiger partial charge is 0.335 e. The second kappa shape index (κ2) is 9.52. The van der Waals surface area contributed by atoms with E-state index in [0.29, 0.717) is 56.1 Å². The summed E-state index contributed by atoms with van der Waals surface area (Å²) in [7, 11) is 0. The first kappa shape index (κ1) is 23.4. The van der Waals surface area contributed by atoms with Crippen molar-refractivity contribution in [3.8, 4) is 33.9 Å². The maximum atomic E-state index is 13.9. The lowest BCUT2D eigenvalue weighted by molar-refractivity contribution is 0.102. The van der Waals surface area contributed by atoms with Crippen LogP contribution in [0.4, 0.5) is 10.1 Å². The molecule has 7 rings (SSSR count). The number of aromatic amines is 2. The van der Waals surface area contributed by atoms with E-state index in [2.05, 4.69) is 30.5 Å². The maximum Gasteiger partial charge on any atom is 0.255 e. The molecule has 10 heteroatoms. The molecule has 192 valence electrons. The number of rotatable bonds is 5. The van der Waals surface area contributed by atoms with Crippen molar-refractivity contribution in [2.45, 2.75) is 0 Å². The van der Waals surface area contributed by atoms with E-state index in [1.807, 2.05) is 42.5 Å². The van der Waals surface area contributed by atoms with E-state index in [1.54, 1.807) is 43.0 Å². The number of amides is 1. The fourth-order valence-electron chi connectivity index (χ4n) is 4.58. The van der Waals surface area contributed by atoms with Crippen molar-refractivity contribution in [3.63, 3.8) is 0 Å². The average Bonchev–Trinajstić information content (AvgIpc) is 3.61. The highest BCUT2D eigenvalue weighted by Gasteiger charge is 2.17. The number of benzene rings is 2. The molecular formula is C30H19FN8O. The summed E-state index contributed by atoms with van der Waals surface area (Å²) in [4.78, 5) is 34.1. The van der Waals surface area contributed by atoms with E-state index in [0.717, 1.165) is 11.1 Å². The number of halogens is 1. The number of nitrogens with zero attached hydrogens (tertiary/aromatic N) is 5. The topological polar surface area (TPSA) is 125 Å². The van der Waals surface area contributed by atoms with Crippen molar-refractivity contribution in [1.82, 2.24) is 35.1 Å². The minimum Gasteiger partial charge on any atom is -0.335 e. The molecule has 0 bridgehead atoms. The Bertz CT molecular complexity index is 2030. The van der Waals surface area contributed by atoms with Gasteiger partial charge in [-0.25, -0.2) is 14.4 Å². The third-order valence-electron chi connectivity index (χ3n) is 6.49. The summed E-state index contributed by atoms with van der Waals surface area (Å²) < 4.78 is 13.9. The van der Waals surface area contributed by atoms with Crippen LogP contribution in [0.25, 0.3) is 56.0 Å². The molecule has 3 N–H and O–H groups in total. The Hall–Kier alpha value is -5.77. The van der Waals surface area contributed by atoms with Gasteiger partial charge in [-0.05, 0) is 48.0 Å². The number of carbonyl (C=O) groups excluding carboxylic acids is 1. The molecule has 0 aliphatic heterocycles. The Kier molecular flexibility index (Phi) is 5.56. The summed E-state index contributed by atoms with van der Waals surface area (Å²) >= 11 is 0. The minimum absolute atomic E-state index is 0.225. The Morgan fingerprint density at radius 3 is 2.52 bits per heavy atom. The van der Waals surface area contributed by atoms with E-state index < -0.39 is 0 Å². The predicted molar refractivity (Wildman–Crippen MR) is 150 cm³/mol. The number of nitrogens with one attached hydrogen (secondary N) is 3. The Morgan fingerprint density at radius 1 is 0.775 bits per heavy atom. The molecule has 0 aliphatic carbocycles. The second-order valence-electron chi connectivity index (χ2n) is 9.13. The summed E-state index contributed by atoms with van der Waals surface area (Å²) in [5.41, 5.74) is 7.05. The molecule has 0 fully saturated rings. The van der Waals surface area contributed by atoms with Gasteiger partial charge in [0.2, 0.25) is 0 Å². The number of hydrogen-bond donors (Lipinski definition) is 3. The van der Waals surface area contributed by atoms with Gasteiger partial charge in [-0.1, -0.05) is 30.3 Å². The van der Waals surface area contributed by atoms with Gasteiger partial charge in [-0.15, -0.1) is 0 Å². The summed E-state index contributed by atoms with van der Waals surface area (Å²) in [6, 6.07) is 20.8. The summed E-state index contributed by atoms with van der Waals surface area (Å²) in [6.45, 7) is 0. The van der Waals surface area contributed by atoms with Crippen molar-refractivity contribution in [2.24, 2.45) is 0 Å². The van der Waals surface area contributed by atoms with Gasteiger partial charge in [0.15, 0.2) is 11.5 Å². The number of imidazole rings is 1. The third kappa shape index (κ3) is 4.23. The molecule has 5 aromatic heterocycles.